The molecule has 24 heteroatoms. The molecule has 1 aromatic carbocycles. The Morgan fingerprint density at radius 3 is 1.91 bits per heavy atom. The smallest absolute Gasteiger partial charge is 0.325 e. The first-order valence-corrected chi connectivity index (χ1v) is 21.9. The number of aliphatic hydroxyl groups is 1. The highest BCUT2D eigenvalue weighted by atomic mass is 16.4. The molecule has 1 aromatic rings. The van der Waals surface area contributed by atoms with E-state index in [0.717, 1.165) is 0 Å². The molecule has 2 aliphatic heterocycles. The van der Waals surface area contributed by atoms with Gasteiger partial charge in [-0.05, 0) is 82.4 Å². The lowest BCUT2D eigenvalue weighted by Gasteiger charge is -2.32. The lowest BCUT2D eigenvalue weighted by molar-refractivity contribution is -0.147. The molecule has 66 heavy (non-hydrogen) atoms. The predicted octanol–water partition coefficient (Wildman–Crippen LogP) is -3.87. The lowest BCUT2D eigenvalue weighted by Crippen LogP contribution is -2.61. The molecule has 0 radical (unpaired) electrons. The number of benzene rings is 1. The third-order valence-corrected chi connectivity index (χ3v) is 11.1. The first-order chi connectivity index (χ1) is 31.0. The molecule has 0 unspecified atom stereocenters. The third-order valence-electron chi connectivity index (χ3n) is 11.1. The van der Waals surface area contributed by atoms with Gasteiger partial charge in [-0.1, -0.05) is 26.0 Å². The van der Waals surface area contributed by atoms with E-state index in [2.05, 4.69) is 31.6 Å². The number of carboxylic acid groups (broad SMARTS) is 1. The molecular weight excluding hydrogens is 865 g/mol. The maximum absolute atomic E-state index is 14.3. The summed E-state index contributed by atoms with van der Waals surface area (Å²) in [4.78, 5) is 126. The molecular formula is C42H66N12O12. The van der Waals surface area contributed by atoms with Crippen molar-refractivity contribution in [3.8, 4) is 5.75 Å². The number of aromatic hydroxyl groups is 1. The number of phenols is 1. The maximum Gasteiger partial charge on any atom is 0.325 e. The van der Waals surface area contributed by atoms with Crippen LogP contribution in [0.5, 0.6) is 5.75 Å². The van der Waals surface area contributed by atoms with E-state index >= 15 is 0 Å². The summed E-state index contributed by atoms with van der Waals surface area (Å²) >= 11 is 0. The van der Waals surface area contributed by atoms with E-state index in [0.29, 0.717) is 24.8 Å². The number of carboxylic acids is 1. The summed E-state index contributed by atoms with van der Waals surface area (Å²) in [5.41, 5.74) is 22.6. The van der Waals surface area contributed by atoms with Crippen molar-refractivity contribution in [2.24, 2.45) is 33.8 Å². The highest BCUT2D eigenvalue weighted by molar-refractivity contribution is 5.98. The molecule has 0 aliphatic carbocycles. The Bertz CT molecular complexity index is 1940. The topological polar surface area (TPSA) is 397 Å². The minimum Gasteiger partial charge on any atom is -0.508 e. The average molecular weight is 931 g/mol. The van der Waals surface area contributed by atoms with Crippen LogP contribution < -0.4 is 49.5 Å². The van der Waals surface area contributed by atoms with Crippen LogP contribution in [-0.4, -0.2) is 158 Å². The monoisotopic (exact) mass is 930 g/mol. The summed E-state index contributed by atoms with van der Waals surface area (Å²) in [5.74, 6) is -8.03. The molecule has 366 valence electrons. The van der Waals surface area contributed by atoms with Gasteiger partial charge in [0.05, 0.1) is 18.6 Å². The van der Waals surface area contributed by atoms with E-state index in [1.54, 1.807) is 13.8 Å². The molecule has 2 aliphatic rings. The van der Waals surface area contributed by atoms with Crippen molar-refractivity contribution in [1.82, 2.24) is 36.4 Å². The number of aliphatic carboxylic acids is 1. The van der Waals surface area contributed by atoms with Crippen LogP contribution in [0.25, 0.3) is 0 Å². The average Bonchev–Trinajstić information content (AvgIpc) is 3.94. The molecule has 9 atom stereocenters. The highest BCUT2D eigenvalue weighted by Crippen LogP contribution is 2.26. The van der Waals surface area contributed by atoms with E-state index in [-0.39, 0.29) is 69.4 Å². The normalized spacial score (nSPS) is 19.0. The third kappa shape index (κ3) is 16.2. The minimum atomic E-state index is -1.61. The van der Waals surface area contributed by atoms with Crippen LogP contribution in [0, 0.1) is 5.92 Å². The molecule has 24 nitrogen and oxygen atoms in total. The number of hydrogen-bond acceptors (Lipinski definition) is 13. The van der Waals surface area contributed by atoms with Crippen molar-refractivity contribution in [3.63, 3.8) is 0 Å². The van der Waals surface area contributed by atoms with E-state index < -0.39 is 114 Å². The number of guanidine groups is 1. The van der Waals surface area contributed by atoms with E-state index in [1.165, 1.54) is 47.9 Å². The highest BCUT2D eigenvalue weighted by Gasteiger charge is 2.44. The van der Waals surface area contributed by atoms with Gasteiger partial charge in [-0.25, -0.2) is 0 Å². The fourth-order valence-corrected chi connectivity index (χ4v) is 7.69. The number of amides is 8. The van der Waals surface area contributed by atoms with Crippen molar-refractivity contribution in [2.75, 3.05) is 19.6 Å². The number of nitrogens with one attached hydrogen (secondary N) is 5. The Morgan fingerprint density at radius 1 is 0.758 bits per heavy atom. The van der Waals surface area contributed by atoms with Crippen LogP contribution in [0.4, 0.5) is 0 Å². The molecule has 2 heterocycles. The standard InChI is InChI=1S/C42H66N12O12/c1-21(2)18-28(36(60)52-33(23(4)55)38(62)48-22(3)41(65)66)50-35(59)29(19-24-11-13-25(56)14-12-24)51-34(58)27(8-5-15-47-42(45)46)49-37(61)30-9-6-16-53(30)40(64)31-10-7-17-54(31)39(63)26(43)20-32(44)57/h11-14,21-23,26-31,33,55-56H,5-10,15-20,43H2,1-4H3,(H2,44,57)(H,48,62)(H,49,61)(H,50,59)(H,51,58)(H,52,60)(H,65,66)(H4,45,46,47)/t22-,23+,26-,27-,28-,29-,30-,31-,33-/m0/s1. The number of aliphatic imine (C=N–C) groups is 1. The van der Waals surface area contributed by atoms with Crippen molar-refractivity contribution >= 4 is 59.2 Å². The number of primary amides is 1. The summed E-state index contributed by atoms with van der Waals surface area (Å²) in [5, 5.41) is 42.2. The van der Waals surface area contributed by atoms with E-state index in [4.69, 9.17) is 22.9 Å². The van der Waals surface area contributed by atoms with Crippen LogP contribution in [0.2, 0.25) is 0 Å². The quantitative estimate of drug-likeness (QED) is 0.0268. The zero-order valence-electron chi connectivity index (χ0n) is 37.7. The number of carbonyl (C=O) groups is 9. The van der Waals surface area contributed by atoms with Gasteiger partial charge >= 0.3 is 5.97 Å². The Balaban J connectivity index is 1.90. The molecule has 0 spiro atoms. The van der Waals surface area contributed by atoms with Crippen molar-refractivity contribution < 1.29 is 58.5 Å². The van der Waals surface area contributed by atoms with E-state index in [1.807, 2.05) is 0 Å². The predicted molar refractivity (Wildman–Crippen MR) is 237 cm³/mol. The number of hydrogen-bond donors (Lipinski definition) is 12. The van der Waals surface area contributed by atoms with Gasteiger partial charge in [0.25, 0.3) is 0 Å². The van der Waals surface area contributed by atoms with E-state index in [9.17, 15) is 58.5 Å². The molecule has 0 aromatic heterocycles. The first-order valence-electron chi connectivity index (χ1n) is 21.9. The van der Waals surface area contributed by atoms with Gasteiger partial charge in [-0.15, -0.1) is 0 Å². The number of nitrogens with zero attached hydrogens (tertiary/aromatic N) is 3. The Kier molecular flexibility index (Phi) is 20.5. The largest absolute Gasteiger partial charge is 0.508 e. The number of carbonyl (C=O) groups excluding carboxylic acids is 8. The number of rotatable bonds is 24. The Labute approximate surface area is 382 Å². The molecule has 2 saturated heterocycles. The fraction of sp³-hybridized carbons (Fsp3) is 0.619. The second-order valence-corrected chi connectivity index (χ2v) is 17.1. The van der Waals surface area contributed by atoms with Crippen molar-refractivity contribution in [3.05, 3.63) is 29.8 Å². The number of likely N-dealkylation sites (tertiary alicyclic amines) is 2. The van der Waals surface area contributed by atoms with Gasteiger partial charge in [-0.2, -0.15) is 0 Å². The molecule has 0 saturated carbocycles. The van der Waals surface area contributed by atoms with Gasteiger partial charge in [0.2, 0.25) is 47.3 Å². The summed E-state index contributed by atoms with van der Waals surface area (Å²) < 4.78 is 0. The molecule has 8 amide bonds. The molecule has 2 fully saturated rings. The van der Waals surface area contributed by atoms with Crippen molar-refractivity contribution in [1.29, 1.82) is 0 Å². The zero-order valence-corrected chi connectivity index (χ0v) is 37.7. The van der Waals surface area contributed by atoms with Crippen LogP contribution in [0.15, 0.2) is 29.3 Å². The van der Waals surface area contributed by atoms with Gasteiger partial charge in [0.1, 0.15) is 48.0 Å². The lowest BCUT2D eigenvalue weighted by atomic mass is 10.00. The first kappa shape index (κ1) is 53.8. The number of phenolic OH excluding ortho intramolecular Hbond substituents is 1. The molecule has 0 bridgehead atoms. The second-order valence-electron chi connectivity index (χ2n) is 17.1. The Hall–Kier alpha value is -6.56. The summed E-state index contributed by atoms with van der Waals surface area (Å²) in [7, 11) is 0. The summed E-state index contributed by atoms with van der Waals surface area (Å²) in [6.45, 7) is 6.37. The zero-order chi connectivity index (χ0) is 49.4. The minimum absolute atomic E-state index is 0.0180. The van der Waals surface area contributed by atoms with Gasteiger partial charge in [0.15, 0.2) is 5.96 Å². The summed E-state index contributed by atoms with van der Waals surface area (Å²) in [6, 6.07) is -4.55. The number of nitrogens with two attached hydrogens (primary N) is 4. The maximum atomic E-state index is 14.3. The van der Waals surface area contributed by atoms with Gasteiger partial charge in [0, 0.05) is 26.1 Å². The fourth-order valence-electron chi connectivity index (χ4n) is 7.69. The Morgan fingerprint density at radius 2 is 1.33 bits per heavy atom. The van der Waals surface area contributed by atoms with Gasteiger partial charge < -0.3 is 74.6 Å². The summed E-state index contributed by atoms with van der Waals surface area (Å²) in [6.07, 6.45) is -0.519. The molecule has 3 rings (SSSR count). The SMILES string of the molecule is CC(C)C[C@H](NC(=O)[C@H](Cc1ccc(O)cc1)NC(=O)[C@H](CCCN=C(N)N)NC(=O)[C@@H]1CCCN1C(=O)[C@@H]1CCCN1C(=O)[C@@H](N)CC(N)=O)C(=O)N[C@H](C(=O)N[C@@H](C)C(=O)O)[C@@H](C)O. The van der Waals surface area contributed by atoms with Crippen LogP contribution in [0.3, 0.4) is 0 Å². The van der Waals surface area contributed by atoms with Crippen LogP contribution in [0.1, 0.15) is 84.6 Å². The second kappa shape index (κ2) is 25.2. The van der Waals surface area contributed by atoms with Gasteiger partial charge in [-0.3, -0.25) is 48.1 Å². The van der Waals surface area contributed by atoms with Crippen LogP contribution in [-0.2, 0) is 49.6 Å². The number of aliphatic hydroxyl groups excluding tert-OH is 1. The van der Waals surface area contributed by atoms with Crippen molar-refractivity contribution in [2.45, 2.75) is 140 Å². The molecule has 16 N–H and O–H groups in total. The van der Waals surface area contributed by atoms with Crippen LogP contribution >= 0.6 is 0 Å².